The van der Waals surface area contributed by atoms with Crippen molar-refractivity contribution in [2.45, 2.75) is 45.7 Å². The molecule has 0 saturated carbocycles. The molecule has 0 aliphatic carbocycles. The summed E-state index contributed by atoms with van der Waals surface area (Å²) in [6, 6.07) is 9.66. The molecule has 0 amide bonds. The van der Waals surface area contributed by atoms with E-state index in [2.05, 4.69) is 85.3 Å². The summed E-state index contributed by atoms with van der Waals surface area (Å²) >= 11 is 3.51. The van der Waals surface area contributed by atoms with Crippen molar-refractivity contribution in [3.05, 3.63) is 34.3 Å². The van der Waals surface area contributed by atoms with E-state index >= 15 is 0 Å². The molecular weight excluding hydrogens is 312 g/mol. The van der Waals surface area contributed by atoms with Crippen LogP contribution in [0.2, 0.25) is 0 Å². The molecule has 0 aliphatic heterocycles. The van der Waals surface area contributed by atoms with E-state index in [0.717, 1.165) is 23.4 Å². The van der Waals surface area contributed by atoms with E-state index in [-0.39, 0.29) is 0 Å². The van der Waals surface area contributed by atoms with Crippen LogP contribution in [0.1, 0.15) is 45.2 Å². The topological polar surface area (TPSA) is 15.3 Å². The Kier molecular flexibility index (Phi) is 7.78. The number of nitrogens with one attached hydrogen (secondary N) is 1. The molecular formula is C17H29BrN2. The molecule has 0 bridgehead atoms. The van der Waals surface area contributed by atoms with E-state index < -0.39 is 0 Å². The Morgan fingerprint density at radius 1 is 1.15 bits per heavy atom. The second-order valence-corrected chi connectivity index (χ2v) is 7.18. The minimum absolute atomic E-state index is 0.437. The fourth-order valence-electron chi connectivity index (χ4n) is 2.63. The molecule has 20 heavy (non-hydrogen) atoms. The average Bonchev–Trinajstić information content (AvgIpc) is 2.35. The maximum atomic E-state index is 3.85. The molecule has 2 atom stereocenters. The molecule has 0 saturated heterocycles. The molecule has 3 heteroatoms. The van der Waals surface area contributed by atoms with Gasteiger partial charge in [0.05, 0.1) is 0 Å². The number of hydrogen-bond donors (Lipinski definition) is 1. The fraction of sp³-hybridized carbons (Fsp3) is 0.647. The lowest BCUT2D eigenvalue weighted by atomic mass is 9.99. The summed E-state index contributed by atoms with van der Waals surface area (Å²) in [4.78, 5) is 2.27. The second-order valence-electron chi connectivity index (χ2n) is 6.27. The zero-order valence-electron chi connectivity index (χ0n) is 13.5. The minimum Gasteiger partial charge on any atom is -0.308 e. The zero-order chi connectivity index (χ0) is 15.1. The van der Waals surface area contributed by atoms with Crippen molar-refractivity contribution in [3.63, 3.8) is 0 Å². The van der Waals surface area contributed by atoms with Crippen LogP contribution in [-0.4, -0.2) is 31.6 Å². The maximum Gasteiger partial charge on any atom is 0.0320 e. The maximum absolute atomic E-state index is 3.85. The van der Waals surface area contributed by atoms with Gasteiger partial charge in [-0.05, 0) is 50.6 Å². The van der Waals surface area contributed by atoms with Gasteiger partial charge in [0.15, 0.2) is 0 Å². The minimum atomic E-state index is 0.437. The zero-order valence-corrected chi connectivity index (χ0v) is 15.1. The van der Waals surface area contributed by atoms with Crippen molar-refractivity contribution in [1.29, 1.82) is 0 Å². The highest BCUT2D eigenvalue weighted by atomic mass is 79.9. The molecule has 1 aromatic carbocycles. The Hall–Kier alpha value is -0.380. The lowest BCUT2D eigenvalue weighted by molar-refractivity contribution is 0.284. The summed E-state index contributed by atoms with van der Waals surface area (Å²) in [6.07, 6.45) is 2.33. The molecule has 0 heterocycles. The van der Waals surface area contributed by atoms with Gasteiger partial charge in [0.1, 0.15) is 0 Å². The number of hydrogen-bond acceptors (Lipinski definition) is 2. The van der Waals surface area contributed by atoms with Gasteiger partial charge in [-0.2, -0.15) is 0 Å². The van der Waals surface area contributed by atoms with E-state index in [1.165, 1.54) is 12.0 Å². The summed E-state index contributed by atoms with van der Waals surface area (Å²) in [5, 5.41) is 3.85. The van der Waals surface area contributed by atoms with Crippen LogP contribution < -0.4 is 5.32 Å². The van der Waals surface area contributed by atoms with Crippen molar-refractivity contribution >= 4 is 15.9 Å². The highest BCUT2D eigenvalue weighted by molar-refractivity contribution is 9.10. The third-order valence-electron chi connectivity index (χ3n) is 3.46. The van der Waals surface area contributed by atoms with Gasteiger partial charge >= 0.3 is 0 Å². The lowest BCUT2D eigenvalue weighted by Gasteiger charge is -2.29. The van der Waals surface area contributed by atoms with Gasteiger partial charge < -0.3 is 10.2 Å². The number of halogens is 1. The van der Waals surface area contributed by atoms with E-state index in [9.17, 15) is 0 Å². The highest BCUT2D eigenvalue weighted by Crippen LogP contribution is 2.21. The van der Waals surface area contributed by atoms with Crippen molar-refractivity contribution < 1.29 is 0 Å². The van der Waals surface area contributed by atoms with Gasteiger partial charge in [-0.25, -0.2) is 0 Å². The Balaban J connectivity index is 2.74. The molecule has 0 radical (unpaired) electrons. The molecule has 0 fully saturated rings. The first-order valence-electron chi connectivity index (χ1n) is 7.58. The van der Waals surface area contributed by atoms with Gasteiger partial charge in [0.25, 0.3) is 0 Å². The van der Waals surface area contributed by atoms with Gasteiger partial charge in [-0.3, -0.25) is 0 Å². The Morgan fingerprint density at radius 3 is 2.20 bits per heavy atom. The second kappa shape index (κ2) is 8.81. The fourth-order valence-corrected chi connectivity index (χ4v) is 2.90. The Morgan fingerprint density at radius 2 is 1.75 bits per heavy atom. The summed E-state index contributed by atoms with van der Waals surface area (Å²) in [5.74, 6) is 0.717. The quantitative estimate of drug-likeness (QED) is 0.751. The number of benzene rings is 1. The third kappa shape index (κ3) is 6.38. The van der Waals surface area contributed by atoms with Crippen LogP contribution in [-0.2, 0) is 0 Å². The van der Waals surface area contributed by atoms with E-state index in [1.54, 1.807) is 0 Å². The van der Waals surface area contributed by atoms with Crippen molar-refractivity contribution in [1.82, 2.24) is 10.2 Å². The SMILES string of the molecule is CCC(NC(CC(C)C)CN(C)C)c1ccc(Br)cc1. The van der Waals surface area contributed by atoms with Crippen LogP contribution in [0.15, 0.2) is 28.7 Å². The smallest absolute Gasteiger partial charge is 0.0320 e. The largest absolute Gasteiger partial charge is 0.308 e. The summed E-state index contributed by atoms with van der Waals surface area (Å²) in [7, 11) is 4.30. The van der Waals surface area contributed by atoms with Crippen LogP contribution in [0.4, 0.5) is 0 Å². The Labute approximate surface area is 133 Å². The molecule has 0 spiro atoms. The van der Waals surface area contributed by atoms with Gasteiger partial charge in [0.2, 0.25) is 0 Å². The standard InChI is InChI=1S/C17H29BrN2/c1-6-17(14-7-9-15(18)10-8-14)19-16(11-13(2)3)12-20(4)5/h7-10,13,16-17,19H,6,11-12H2,1-5H3. The molecule has 1 rings (SSSR count). The van der Waals surface area contributed by atoms with Crippen LogP contribution >= 0.6 is 15.9 Å². The molecule has 0 aromatic heterocycles. The summed E-state index contributed by atoms with van der Waals surface area (Å²) in [6.45, 7) is 7.93. The molecule has 2 nitrogen and oxygen atoms in total. The first kappa shape index (κ1) is 17.7. The first-order chi connectivity index (χ1) is 9.42. The van der Waals surface area contributed by atoms with Crippen LogP contribution in [0.5, 0.6) is 0 Å². The predicted octanol–water partition coefficient (Wildman–Crippen LogP) is 4.47. The Bertz CT molecular complexity index is 363. The summed E-state index contributed by atoms with van der Waals surface area (Å²) < 4.78 is 1.14. The van der Waals surface area contributed by atoms with Crippen LogP contribution in [0.3, 0.4) is 0 Å². The van der Waals surface area contributed by atoms with Gasteiger partial charge in [-0.1, -0.05) is 48.8 Å². The van der Waals surface area contributed by atoms with Crippen molar-refractivity contribution in [2.75, 3.05) is 20.6 Å². The van der Waals surface area contributed by atoms with E-state index in [4.69, 9.17) is 0 Å². The monoisotopic (exact) mass is 340 g/mol. The first-order valence-corrected chi connectivity index (χ1v) is 8.37. The average molecular weight is 341 g/mol. The van der Waals surface area contributed by atoms with Crippen molar-refractivity contribution in [3.8, 4) is 0 Å². The van der Waals surface area contributed by atoms with E-state index in [1.807, 2.05) is 0 Å². The number of rotatable bonds is 8. The molecule has 1 N–H and O–H groups in total. The van der Waals surface area contributed by atoms with Crippen LogP contribution in [0, 0.1) is 5.92 Å². The van der Waals surface area contributed by atoms with E-state index in [0.29, 0.717) is 12.1 Å². The summed E-state index contributed by atoms with van der Waals surface area (Å²) in [5.41, 5.74) is 1.38. The number of likely N-dealkylation sites (N-methyl/N-ethyl adjacent to an activating group) is 1. The lowest BCUT2D eigenvalue weighted by Crippen LogP contribution is -2.41. The van der Waals surface area contributed by atoms with Gasteiger partial charge in [-0.15, -0.1) is 0 Å². The van der Waals surface area contributed by atoms with Crippen LogP contribution in [0.25, 0.3) is 0 Å². The number of nitrogens with zero attached hydrogens (tertiary/aromatic N) is 1. The molecule has 2 unspecified atom stereocenters. The van der Waals surface area contributed by atoms with Gasteiger partial charge in [0, 0.05) is 23.1 Å². The highest BCUT2D eigenvalue weighted by Gasteiger charge is 2.17. The molecule has 1 aromatic rings. The predicted molar refractivity (Wildman–Crippen MR) is 92.1 cm³/mol. The normalized spacial score (nSPS) is 14.8. The third-order valence-corrected chi connectivity index (χ3v) is 3.99. The molecule has 114 valence electrons. The van der Waals surface area contributed by atoms with Crippen molar-refractivity contribution in [2.24, 2.45) is 5.92 Å². The molecule has 0 aliphatic rings.